The predicted molar refractivity (Wildman–Crippen MR) is 94.8 cm³/mol. The van der Waals surface area contributed by atoms with E-state index in [9.17, 15) is 22.4 Å². The summed E-state index contributed by atoms with van der Waals surface area (Å²) < 4.78 is 55.0. The Balaban J connectivity index is 1.28. The molecule has 150 valence electrons. The smallest absolute Gasteiger partial charge is 0.406 e. The molecule has 1 saturated carbocycles. The van der Waals surface area contributed by atoms with Gasteiger partial charge in [-0.2, -0.15) is 0 Å². The summed E-state index contributed by atoms with van der Waals surface area (Å²) in [7, 11) is 0. The van der Waals surface area contributed by atoms with Gasteiger partial charge in [-0.15, -0.1) is 13.2 Å². The number of aromatic amines is 1. The van der Waals surface area contributed by atoms with E-state index in [0.717, 1.165) is 17.5 Å². The Labute approximate surface area is 162 Å². The van der Waals surface area contributed by atoms with Crippen molar-refractivity contribution in [2.45, 2.75) is 12.3 Å². The van der Waals surface area contributed by atoms with E-state index in [0.29, 0.717) is 29.9 Å². The van der Waals surface area contributed by atoms with Gasteiger partial charge in [0.25, 0.3) is 5.91 Å². The average molecular weight is 405 g/mol. The first-order valence-electron chi connectivity index (χ1n) is 9.08. The van der Waals surface area contributed by atoms with Gasteiger partial charge in [-0.25, -0.2) is 9.37 Å². The number of alkyl halides is 3. The van der Waals surface area contributed by atoms with Gasteiger partial charge in [-0.1, -0.05) is 0 Å². The maximum atomic E-state index is 14.4. The second kappa shape index (κ2) is 6.20. The zero-order valence-electron chi connectivity index (χ0n) is 14.9. The Hall–Kier alpha value is -3.10. The van der Waals surface area contributed by atoms with Crippen molar-refractivity contribution in [3.8, 4) is 5.75 Å². The van der Waals surface area contributed by atoms with Crippen LogP contribution in [0.1, 0.15) is 21.8 Å². The van der Waals surface area contributed by atoms with Crippen molar-refractivity contribution in [3.63, 3.8) is 0 Å². The summed E-state index contributed by atoms with van der Waals surface area (Å²) in [5, 5.41) is 0.766. The Morgan fingerprint density at radius 3 is 2.48 bits per heavy atom. The lowest BCUT2D eigenvalue weighted by atomic mass is 10.0. The summed E-state index contributed by atoms with van der Waals surface area (Å²) in [5.41, 5.74) is 1.58. The van der Waals surface area contributed by atoms with E-state index in [1.807, 2.05) is 6.07 Å². The minimum absolute atomic E-state index is 0.0444. The number of hydrogen-bond donors (Lipinski definition) is 1. The fraction of sp³-hybridized carbons (Fsp3) is 0.300. The quantitative estimate of drug-likeness (QED) is 0.668. The highest BCUT2D eigenvalue weighted by molar-refractivity contribution is 5.94. The van der Waals surface area contributed by atoms with Gasteiger partial charge in [0.1, 0.15) is 17.2 Å². The van der Waals surface area contributed by atoms with Crippen LogP contribution in [0.3, 0.4) is 0 Å². The van der Waals surface area contributed by atoms with Crippen LogP contribution in [-0.2, 0) is 0 Å². The van der Waals surface area contributed by atoms with Crippen molar-refractivity contribution in [2.24, 2.45) is 11.8 Å². The molecule has 5 rings (SSSR count). The van der Waals surface area contributed by atoms with Gasteiger partial charge in [0.15, 0.2) is 0 Å². The molecule has 1 aromatic carbocycles. The number of piperidine rings is 1. The molecule has 2 unspecified atom stereocenters. The fourth-order valence-electron chi connectivity index (χ4n) is 4.45. The zero-order chi connectivity index (χ0) is 20.3. The molecule has 1 aliphatic heterocycles. The van der Waals surface area contributed by atoms with E-state index in [-0.39, 0.29) is 35.2 Å². The number of amides is 1. The van der Waals surface area contributed by atoms with Crippen molar-refractivity contribution in [2.75, 3.05) is 13.1 Å². The van der Waals surface area contributed by atoms with Gasteiger partial charge in [-0.05, 0) is 48.1 Å². The largest absolute Gasteiger partial charge is 0.573 e. The van der Waals surface area contributed by atoms with E-state index in [4.69, 9.17) is 0 Å². The third kappa shape index (κ3) is 3.10. The lowest BCUT2D eigenvalue weighted by Gasteiger charge is -2.20. The first kappa shape index (κ1) is 18.0. The minimum atomic E-state index is -4.77. The van der Waals surface area contributed by atoms with Crippen LogP contribution in [0.15, 0.2) is 42.7 Å². The number of carbonyl (C=O) groups excluding carboxylic acids is 1. The van der Waals surface area contributed by atoms with Crippen LogP contribution in [0, 0.1) is 17.7 Å². The molecule has 1 saturated heterocycles. The molecule has 0 radical (unpaired) electrons. The molecule has 9 heteroatoms. The number of halogens is 4. The molecule has 3 heterocycles. The topological polar surface area (TPSA) is 58.2 Å². The summed E-state index contributed by atoms with van der Waals surface area (Å²) >= 11 is 0. The van der Waals surface area contributed by atoms with Crippen molar-refractivity contribution in [1.82, 2.24) is 14.9 Å². The van der Waals surface area contributed by atoms with Crippen LogP contribution >= 0.6 is 0 Å². The SMILES string of the molecule is O=C(c1ccc(OC(F)(F)F)cc1)N1CC2C(C1)C2c1c(F)cnc2[nH]ccc12. The summed E-state index contributed by atoms with van der Waals surface area (Å²) in [4.78, 5) is 21.4. The molecule has 3 aromatic rings. The lowest BCUT2D eigenvalue weighted by molar-refractivity contribution is -0.274. The number of likely N-dealkylation sites (tertiary alicyclic amines) is 1. The van der Waals surface area contributed by atoms with Crippen LogP contribution in [0.25, 0.3) is 11.0 Å². The summed E-state index contributed by atoms with van der Waals surface area (Å²) in [6, 6.07) is 6.68. The normalized spacial score (nSPS) is 23.3. The van der Waals surface area contributed by atoms with Gasteiger partial charge in [0.2, 0.25) is 0 Å². The molecular weight excluding hydrogens is 390 g/mol. The van der Waals surface area contributed by atoms with Gasteiger partial charge in [-0.3, -0.25) is 4.79 Å². The number of H-pyrrole nitrogens is 1. The Morgan fingerprint density at radius 2 is 1.83 bits per heavy atom. The van der Waals surface area contributed by atoms with E-state index in [1.54, 1.807) is 11.1 Å². The van der Waals surface area contributed by atoms with E-state index in [2.05, 4.69) is 14.7 Å². The van der Waals surface area contributed by atoms with Crippen molar-refractivity contribution in [3.05, 3.63) is 59.7 Å². The van der Waals surface area contributed by atoms with Gasteiger partial charge >= 0.3 is 6.36 Å². The molecule has 1 aliphatic carbocycles. The van der Waals surface area contributed by atoms with Crippen LogP contribution in [0.4, 0.5) is 17.6 Å². The predicted octanol–water partition coefficient (Wildman–Crippen LogP) is 4.09. The van der Waals surface area contributed by atoms with Crippen molar-refractivity contribution in [1.29, 1.82) is 0 Å². The Kier molecular flexibility index (Phi) is 3.84. The summed E-state index contributed by atoms with van der Waals surface area (Å²) in [5.74, 6) is -0.584. The second-order valence-corrected chi connectivity index (χ2v) is 7.40. The molecule has 5 nitrogen and oxygen atoms in total. The second-order valence-electron chi connectivity index (χ2n) is 7.40. The fourth-order valence-corrected chi connectivity index (χ4v) is 4.45. The first-order chi connectivity index (χ1) is 13.8. The van der Waals surface area contributed by atoms with Crippen LogP contribution < -0.4 is 4.74 Å². The zero-order valence-corrected chi connectivity index (χ0v) is 14.9. The van der Waals surface area contributed by atoms with E-state index < -0.39 is 6.36 Å². The van der Waals surface area contributed by atoms with E-state index in [1.165, 1.54) is 18.3 Å². The molecule has 0 spiro atoms. The maximum Gasteiger partial charge on any atom is 0.573 e. The monoisotopic (exact) mass is 405 g/mol. The molecule has 0 bridgehead atoms. The molecular formula is C20H15F4N3O2. The summed E-state index contributed by atoms with van der Waals surface area (Å²) in [6.07, 6.45) is -1.83. The van der Waals surface area contributed by atoms with Crippen LogP contribution in [-0.4, -0.2) is 40.2 Å². The van der Waals surface area contributed by atoms with E-state index >= 15 is 0 Å². The third-order valence-electron chi connectivity index (χ3n) is 5.73. The number of ether oxygens (including phenoxy) is 1. The van der Waals surface area contributed by atoms with Gasteiger partial charge < -0.3 is 14.6 Å². The number of carbonyl (C=O) groups is 1. The highest BCUT2D eigenvalue weighted by atomic mass is 19.4. The molecule has 1 amide bonds. The van der Waals surface area contributed by atoms with Gasteiger partial charge in [0.05, 0.1) is 6.20 Å². The standard InChI is InChI=1S/C20H15F4N3O2/c21-15-7-26-18-12(5-6-25-18)17(15)16-13-8-27(9-14(13)16)19(28)10-1-3-11(4-2-10)29-20(22,23)24/h1-7,13-14,16H,8-9H2,(H,25,26). The maximum absolute atomic E-state index is 14.4. The number of rotatable bonds is 3. The number of benzene rings is 1. The number of aromatic nitrogens is 2. The van der Waals surface area contributed by atoms with Gasteiger partial charge in [0, 0.05) is 35.8 Å². The third-order valence-corrected chi connectivity index (χ3v) is 5.73. The highest BCUT2D eigenvalue weighted by Gasteiger charge is 2.58. The first-order valence-corrected chi connectivity index (χ1v) is 9.08. The summed E-state index contributed by atoms with van der Waals surface area (Å²) in [6.45, 7) is 0.977. The highest BCUT2D eigenvalue weighted by Crippen LogP contribution is 2.59. The number of nitrogens with zero attached hydrogens (tertiary/aromatic N) is 2. The Bertz CT molecular complexity index is 1080. The number of hydrogen-bond acceptors (Lipinski definition) is 3. The van der Waals surface area contributed by atoms with Crippen molar-refractivity contribution >= 4 is 16.9 Å². The van der Waals surface area contributed by atoms with Crippen LogP contribution in [0.2, 0.25) is 0 Å². The average Bonchev–Trinajstić information content (AvgIpc) is 3.03. The number of nitrogens with one attached hydrogen (secondary N) is 1. The molecule has 29 heavy (non-hydrogen) atoms. The minimum Gasteiger partial charge on any atom is -0.406 e. The Morgan fingerprint density at radius 1 is 1.14 bits per heavy atom. The molecule has 2 fully saturated rings. The number of fused-ring (bicyclic) bond motifs is 2. The lowest BCUT2D eigenvalue weighted by Crippen LogP contribution is -2.31. The van der Waals surface area contributed by atoms with Crippen molar-refractivity contribution < 1.29 is 27.1 Å². The molecule has 2 aromatic heterocycles. The molecule has 1 N–H and O–H groups in total. The number of pyridine rings is 1. The molecule has 2 atom stereocenters. The van der Waals surface area contributed by atoms with Crippen LogP contribution in [0.5, 0.6) is 5.75 Å². The molecule has 2 aliphatic rings.